The molecule has 34 heteroatoms. The molecule has 4 aromatic heterocycles. The number of benzene rings is 9. The monoisotopic (exact) mass is 1940 g/mol. The van der Waals surface area contributed by atoms with Gasteiger partial charge >= 0.3 is 35.2 Å². The maximum Gasteiger partial charge on any atom is 0.504 e. The van der Waals surface area contributed by atoms with E-state index in [0.29, 0.717) is 22.3 Å². The Kier molecular flexibility index (Phi) is 28.7. The summed E-state index contributed by atoms with van der Waals surface area (Å²) in [5.74, 6) is -4.08. The molecule has 0 saturated carbocycles. The van der Waals surface area contributed by atoms with Crippen molar-refractivity contribution in [1.29, 1.82) is 0 Å². The van der Waals surface area contributed by atoms with Crippen LogP contribution in [0.4, 0.5) is 23.3 Å². The van der Waals surface area contributed by atoms with Gasteiger partial charge in [0.25, 0.3) is 35.4 Å². The second-order valence-electron chi connectivity index (χ2n) is 38.0. The van der Waals surface area contributed by atoms with Crippen molar-refractivity contribution in [2.75, 3.05) is 108 Å². The number of imide groups is 2. The number of hydrogen-bond donors (Lipinski definition) is 0. The topological polar surface area (TPSA) is 315 Å². The maximum atomic E-state index is 17.0. The van der Waals surface area contributed by atoms with E-state index < -0.39 is 83.8 Å². The number of carbonyl (C=O) groups is 6. The quantitative estimate of drug-likeness (QED) is 0.0152. The normalized spacial score (nSPS) is 13.5. The molecule has 30 nitrogen and oxygen atoms in total. The first-order chi connectivity index (χ1) is 65.6. The van der Waals surface area contributed by atoms with Gasteiger partial charge in [0.2, 0.25) is 0 Å². The van der Waals surface area contributed by atoms with Crippen molar-refractivity contribution >= 4 is 137 Å². The molecular formula is C104H116N8O22Si4. The number of rotatable bonds is 36. The molecule has 9 aromatic carbocycles. The predicted octanol–water partition coefficient (Wildman–Crippen LogP) is 19.4. The number of pyridine rings is 4. The Morgan fingerprint density at radius 3 is 0.630 bits per heavy atom. The van der Waals surface area contributed by atoms with Crippen LogP contribution in [0.15, 0.2) is 195 Å². The zero-order valence-corrected chi connectivity index (χ0v) is 86.3. The van der Waals surface area contributed by atoms with Gasteiger partial charge in [0.05, 0.1) is 22.3 Å². The van der Waals surface area contributed by atoms with Gasteiger partial charge in [-0.05, 0) is 187 Å². The number of fused-ring (bicyclic) bond motifs is 2. The number of nitrogens with zero attached hydrogens (tertiary/aromatic N) is 8. The molecule has 15 rings (SSSR count). The second kappa shape index (κ2) is 39.5. The van der Waals surface area contributed by atoms with E-state index in [1.54, 1.807) is 72.8 Å². The highest BCUT2D eigenvalue weighted by Gasteiger charge is 2.47. The van der Waals surface area contributed by atoms with Gasteiger partial charge in [-0.3, -0.25) is 38.6 Å². The minimum Gasteiger partial charge on any atom is -0.457 e. The van der Waals surface area contributed by atoms with Crippen LogP contribution in [0.2, 0.25) is 0 Å². The molecule has 0 N–H and O–H groups in total. The van der Waals surface area contributed by atoms with Crippen molar-refractivity contribution in [2.24, 2.45) is 0 Å². The lowest BCUT2D eigenvalue weighted by atomic mass is 9.80. The number of anilines is 4. The van der Waals surface area contributed by atoms with Gasteiger partial charge in [0.1, 0.15) is 82.4 Å². The minimum atomic E-state index is -3.39. The van der Waals surface area contributed by atoms with Crippen molar-refractivity contribution in [3.8, 4) is 46.0 Å². The van der Waals surface area contributed by atoms with E-state index in [0.717, 1.165) is 32.1 Å². The van der Waals surface area contributed by atoms with Crippen molar-refractivity contribution in [3.05, 3.63) is 261 Å². The summed E-state index contributed by atoms with van der Waals surface area (Å²) in [4.78, 5) is 124. The van der Waals surface area contributed by atoms with Gasteiger partial charge in [-0.1, -0.05) is 132 Å². The Morgan fingerprint density at radius 1 is 0.268 bits per heavy atom. The first kappa shape index (κ1) is 100. The summed E-state index contributed by atoms with van der Waals surface area (Å²) in [7, 11) is 4.33. The van der Waals surface area contributed by atoms with Gasteiger partial charge in [-0.15, -0.1) is 0 Å². The molecule has 6 amide bonds. The molecule has 720 valence electrons. The summed E-state index contributed by atoms with van der Waals surface area (Å²) < 4.78 is 101. The van der Waals surface area contributed by atoms with Crippen LogP contribution in [0.1, 0.15) is 169 Å². The van der Waals surface area contributed by atoms with E-state index in [1.807, 2.05) is 97.1 Å². The number of hydrogen-bond acceptors (Lipinski definition) is 26. The predicted molar refractivity (Wildman–Crippen MR) is 532 cm³/mol. The van der Waals surface area contributed by atoms with Gasteiger partial charge in [0, 0.05) is 177 Å². The minimum absolute atomic E-state index is 0.00169. The standard InChI is InChI=1S/C104H116N8O22Si4/c1-101(2,3)67-25-33-71(34-26-67)131-79-53-75-89-76(98(116)109(97(75)115)57-87(113)111(83-49-63(41-45-105-83)59-135(119-13,120-14)121-15)84-50-64(42-46-106-84)60-136(122-16,123-17)124-18)55-81(133-73-37-29-69(30-38-73)103(7,8)9)93-94-82(134-74-39-31-70(32-40-74)104(10,11)12)56-78-90-77(54-80(92(96(90)94)91(79)95(89)93)132-72-35-27-68(28-36-72)102(4,5)6)99(117)110(100(78)118)58-88(114)112(85-51-65(43-47-107-85)61-137(125-19,126-20)127-21)86-52-66(44-48-108-86)62-138(128-22,129-23)130-24/h25-56H,57-62H2,1-24H3. The molecule has 0 atom stereocenters. The fourth-order valence-electron chi connectivity index (χ4n) is 17.6. The molecule has 6 heterocycles. The van der Waals surface area contributed by atoms with Crippen molar-refractivity contribution < 1.29 is 101 Å². The molecule has 0 bridgehead atoms. The van der Waals surface area contributed by atoms with E-state index in [1.165, 1.54) is 120 Å². The van der Waals surface area contributed by atoms with E-state index >= 15 is 28.8 Å². The third-order valence-electron chi connectivity index (χ3n) is 25.5. The molecule has 2 aliphatic heterocycles. The summed E-state index contributed by atoms with van der Waals surface area (Å²) in [6.45, 7) is 23.2. The van der Waals surface area contributed by atoms with Crippen molar-refractivity contribution in [1.82, 2.24) is 29.7 Å². The molecule has 0 aliphatic carbocycles. The molecule has 0 fully saturated rings. The second-order valence-corrected chi connectivity index (χ2v) is 49.8. The molecule has 2 aliphatic rings. The highest BCUT2D eigenvalue weighted by atomic mass is 28.4. The molecule has 0 radical (unpaired) electrons. The lowest BCUT2D eigenvalue weighted by Crippen LogP contribution is -2.47. The molecule has 0 saturated heterocycles. The largest absolute Gasteiger partial charge is 0.504 e. The molecular weight excluding hydrogens is 1830 g/mol. The fourth-order valence-corrected chi connectivity index (χ4v) is 24.2. The van der Waals surface area contributed by atoms with Gasteiger partial charge < -0.3 is 72.1 Å². The lowest BCUT2D eigenvalue weighted by Gasteiger charge is -2.33. The Bertz CT molecular complexity index is 5990. The molecule has 0 spiro atoms. The van der Waals surface area contributed by atoms with E-state index in [4.69, 9.17) is 92.0 Å². The summed E-state index contributed by atoms with van der Waals surface area (Å²) in [6.07, 6.45) is 6.03. The van der Waals surface area contributed by atoms with E-state index in [9.17, 15) is 0 Å². The van der Waals surface area contributed by atoms with Crippen LogP contribution in [0.25, 0.3) is 43.1 Å². The fraction of sp³-hybridized carbons (Fsp3) is 0.327. The summed E-state index contributed by atoms with van der Waals surface area (Å²) in [6, 6.07) is 50.3. The zero-order valence-electron chi connectivity index (χ0n) is 82.3. The van der Waals surface area contributed by atoms with Gasteiger partial charge in [-0.25, -0.2) is 29.7 Å². The van der Waals surface area contributed by atoms with E-state index in [2.05, 4.69) is 83.1 Å². The maximum absolute atomic E-state index is 17.0. The lowest BCUT2D eigenvalue weighted by molar-refractivity contribution is -0.119. The highest BCUT2D eigenvalue weighted by molar-refractivity contribution is 6.61. The third kappa shape index (κ3) is 19.7. The number of ether oxygens (including phenoxy) is 4. The van der Waals surface area contributed by atoms with Crippen LogP contribution >= 0.6 is 0 Å². The third-order valence-corrected chi connectivity index (χ3v) is 36.3. The Hall–Kier alpha value is -12.3. The Labute approximate surface area is 807 Å². The molecule has 138 heavy (non-hydrogen) atoms. The zero-order chi connectivity index (χ0) is 99.3. The summed E-state index contributed by atoms with van der Waals surface area (Å²) in [5, 5.41) is 1.38. The van der Waals surface area contributed by atoms with E-state index in [-0.39, 0.29) is 180 Å². The first-order valence-corrected chi connectivity index (χ1v) is 52.7. The number of aromatic nitrogens is 4. The van der Waals surface area contributed by atoms with Crippen molar-refractivity contribution in [3.63, 3.8) is 0 Å². The first-order valence-electron chi connectivity index (χ1n) is 44.9. The van der Waals surface area contributed by atoms with Crippen LogP contribution in [0.3, 0.4) is 0 Å². The average molecular weight is 1940 g/mol. The van der Waals surface area contributed by atoms with Crippen molar-refractivity contribution in [2.45, 2.75) is 129 Å². The van der Waals surface area contributed by atoms with Crippen LogP contribution in [0, 0.1) is 0 Å². The smallest absolute Gasteiger partial charge is 0.457 e. The average Bonchev–Trinajstić information content (AvgIpc) is 0.669. The number of amides is 6. The SMILES string of the molecule is CO[Si](Cc1ccnc(N(C(=O)CN2C(=O)c3cc(Oc4ccc(C(C)(C)C)cc4)c4c5c(Oc6ccc(C(C)(C)C)cc6)cc6c7c(cc(Oc8ccc(C(C)(C)C)cc8)c(c8c(Oc9ccc(C(C)(C)C)cc9)cc(c3c48)C2=O)c75)C(=O)N(CC(=O)N(c2cc(C[Si](OC)(OC)OC)ccn2)c2cc(C[Si](OC)(OC)OC)ccn2)C6=O)c2cc(C[Si](OC)(OC)OC)ccn2)c1)(OC)OC. The summed E-state index contributed by atoms with van der Waals surface area (Å²) >= 11 is 0. The van der Waals surface area contributed by atoms with Gasteiger partial charge in [-0.2, -0.15) is 0 Å². The molecule has 13 aromatic rings. The Balaban J connectivity index is 1.03. The molecule has 0 unspecified atom stereocenters. The van der Waals surface area contributed by atoms with Gasteiger partial charge in [0.15, 0.2) is 0 Å². The highest BCUT2D eigenvalue weighted by Crippen LogP contribution is 2.59. The van der Waals surface area contributed by atoms with Crippen LogP contribution < -0.4 is 28.7 Å². The summed E-state index contributed by atoms with van der Waals surface area (Å²) in [5.41, 5.74) is 4.43. The van der Waals surface area contributed by atoms with Crippen LogP contribution in [0.5, 0.6) is 46.0 Å². The Morgan fingerprint density at radius 2 is 0.457 bits per heavy atom. The van der Waals surface area contributed by atoms with Crippen LogP contribution in [-0.4, -0.2) is 199 Å². The van der Waals surface area contributed by atoms with Crippen LogP contribution in [-0.2, 0) is 109 Å². The number of carbonyl (C=O) groups excluding carboxylic acids is 6.